The lowest BCUT2D eigenvalue weighted by atomic mass is 10.2. The van der Waals surface area contributed by atoms with E-state index in [-0.39, 0.29) is 11.7 Å². The van der Waals surface area contributed by atoms with Gasteiger partial charge in [-0.25, -0.2) is 9.67 Å². The Morgan fingerprint density at radius 1 is 0.867 bits per heavy atom. The van der Waals surface area contributed by atoms with Crippen LogP contribution in [-0.4, -0.2) is 33.0 Å². The fourth-order valence-corrected chi connectivity index (χ4v) is 4.58. The largest absolute Gasteiger partial charge is 0.304 e. The molecule has 1 aliphatic heterocycles. The molecule has 0 aliphatic carbocycles. The summed E-state index contributed by atoms with van der Waals surface area (Å²) < 4.78 is 1.75. The Bertz CT molecular complexity index is 1120. The van der Waals surface area contributed by atoms with E-state index in [0.29, 0.717) is 12.4 Å². The molecule has 6 heteroatoms. The van der Waals surface area contributed by atoms with Crippen LogP contribution in [0.4, 0.5) is 5.69 Å². The number of nitrogens with zero attached hydrogens (tertiary/aromatic N) is 4. The predicted molar refractivity (Wildman–Crippen MR) is 120 cm³/mol. The number of rotatable bonds is 3. The molecule has 0 saturated heterocycles. The van der Waals surface area contributed by atoms with Gasteiger partial charge in [-0.05, 0) is 36.4 Å². The molecule has 2 heterocycles. The van der Waals surface area contributed by atoms with Gasteiger partial charge in [-0.2, -0.15) is 0 Å². The van der Waals surface area contributed by atoms with Gasteiger partial charge in [-0.15, -0.1) is 16.9 Å². The molecule has 0 spiro atoms. The molecule has 148 valence electrons. The first-order valence-electron chi connectivity index (χ1n) is 9.93. The minimum atomic E-state index is -0.170. The van der Waals surface area contributed by atoms with E-state index in [1.165, 1.54) is 0 Å². The monoisotopic (exact) mass is 412 g/mol. The maximum absolute atomic E-state index is 13.5. The van der Waals surface area contributed by atoms with E-state index in [9.17, 15) is 4.79 Å². The van der Waals surface area contributed by atoms with Crippen LogP contribution in [0.5, 0.6) is 0 Å². The van der Waals surface area contributed by atoms with Crippen molar-refractivity contribution in [1.29, 1.82) is 0 Å². The van der Waals surface area contributed by atoms with Crippen molar-refractivity contribution in [3.05, 3.63) is 90.8 Å². The zero-order chi connectivity index (χ0) is 20.3. The Hall–Kier alpha value is -3.38. The molecular formula is C24H20N4OS. The van der Waals surface area contributed by atoms with Crippen LogP contribution in [0.25, 0.3) is 17.1 Å². The molecule has 0 fully saturated rings. The number of benzene rings is 3. The molecule has 0 saturated carbocycles. The van der Waals surface area contributed by atoms with E-state index in [1.54, 1.807) is 16.4 Å². The summed E-state index contributed by atoms with van der Waals surface area (Å²) in [4.78, 5) is 21.1. The zero-order valence-electron chi connectivity index (χ0n) is 16.3. The molecule has 5 rings (SSSR count). The van der Waals surface area contributed by atoms with Crippen molar-refractivity contribution in [2.24, 2.45) is 0 Å². The molecule has 1 amide bonds. The molecule has 1 aromatic heterocycles. The predicted octanol–water partition coefficient (Wildman–Crippen LogP) is 5.08. The number of aromatic nitrogens is 3. The van der Waals surface area contributed by atoms with E-state index in [1.807, 2.05) is 83.8 Å². The third kappa shape index (κ3) is 3.50. The van der Waals surface area contributed by atoms with Crippen molar-refractivity contribution in [2.75, 3.05) is 17.2 Å². The normalized spacial score (nSPS) is 13.5. The number of hydrogen-bond acceptors (Lipinski definition) is 4. The molecule has 4 aromatic rings. The second-order valence-electron chi connectivity index (χ2n) is 7.00. The van der Waals surface area contributed by atoms with E-state index >= 15 is 0 Å². The summed E-state index contributed by atoms with van der Waals surface area (Å²) in [6.07, 6.45) is 0.927. The second-order valence-corrected chi connectivity index (χ2v) is 8.14. The lowest BCUT2D eigenvalue weighted by molar-refractivity contribution is 0.0977. The zero-order valence-corrected chi connectivity index (χ0v) is 17.1. The number of amides is 1. The standard InChI is InChI=1S/C24H20N4OS/c29-24(27-16-9-17-30-21-15-8-7-14-20(21)27)22-25-23(18-10-3-1-4-11-18)28(26-22)19-12-5-2-6-13-19/h1-8,10-15H,9,16-17H2. The second kappa shape index (κ2) is 8.16. The molecule has 0 N–H and O–H groups in total. The van der Waals surface area contributed by atoms with Crippen LogP contribution >= 0.6 is 11.8 Å². The fraction of sp³-hybridized carbons (Fsp3) is 0.125. The van der Waals surface area contributed by atoms with E-state index < -0.39 is 0 Å². The van der Waals surface area contributed by atoms with Crippen LogP contribution in [0.2, 0.25) is 0 Å². The van der Waals surface area contributed by atoms with Gasteiger partial charge in [-0.3, -0.25) is 4.79 Å². The Balaban J connectivity index is 1.60. The lowest BCUT2D eigenvalue weighted by Gasteiger charge is -2.20. The van der Waals surface area contributed by atoms with Gasteiger partial charge in [0.1, 0.15) is 0 Å². The Kier molecular flexibility index (Phi) is 5.07. The summed E-state index contributed by atoms with van der Waals surface area (Å²) in [6.45, 7) is 0.656. The van der Waals surface area contributed by atoms with Crippen molar-refractivity contribution in [3.63, 3.8) is 0 Å². The number of anilines is 1. The van der Waals surface area contributed by atoms with Gasteiger partial charge in [-0.1, -0.05) is 60.7 Å². The first-order valence-corrected chi connectivity index (χ1v) is 10.9. The Morgan fingerprint density at radius 2 is 1.57 bits per heavy atom. The quantitative estimate of drug-likeness (QED) is 0.471. The number of carbonyl (C=O) groups excluding carboxylic acids is 1. The van der Waals surface area contributed by atoms with Crippen LogP contribution in [-0.2, 0) is 0 Å². The van der Waals surface area contributed by atoms with E-state index in [4.69, 9.17) is 0 Å². The van der Waals surface area contributed by atoms with Gasteiger partial charge < -0.3 is 4.90 Å². The molecule has 30 heavy (non-hydrogen) atoms. The van der Waals surface area contributed by atoms with Gasteiger partial charge in [0.15, 0.2) is 5.82 Å². The number of thioether (sulfide) groups is 1. The Morgan fingerprint density at radius 3 is 2.37 bits per heavy atom. The number of para-hydroxylation sites is 2. The van der Waals surface area contributed by atoms with Crippen LogP contribution < -0.4 is 4.90 Å². The van der Waals surface area contributed by atoms with E-state index in [2.05, 4.69) is 16.1 Å². The van der Waals surface area contributed by atoms with E-state index in [0.717, 1.165) is 34.0 Å². The van der Waals surface area contributed by atoms with Gasteiger partial charge in [0.05, 0.1) is 11.4 Å². The van der Waals surface area contributed by atoms with Crippen molar-refractivity contribution in [1.82, 2.24) is 14.8 Å². The van der Waals surface area contributed by atoms with Crippen molar-refractivity contribution in [3.8, 4) is 17.1 Å². The SMILES string of the molecule is O=C(c1nc(-c2ccccc2)n(-c2ccccc2)n1)N1CCCSc2ccccc21. The third-order valence-electron chi connectivity index (χ3n) is 5.02. The highest BCUT2D eigenvalue weighted by Crippen LogP contribution is 2.34. The maximum atomic E-state index is 13.5. The topological polar surface area (TPSA) is 51.0 Å². The summed E-state index contributed by atoms with van der Waals surface area (Å²) in [5.41, 5.74) is 2.72. The smallest absolute Gasteiger partial charge is 0.298 e. The van der Waals surface area contributed by atoms with Gasteiger partial charge in [0.2, 0.25) is 5.82 Å². The summed E-state index contributed by atoms with van der Waals surface area (Å²) in [5.74, 6) is 1.68. The molecule has 0 atom stereocenters. The first kappa shape index (κ1) is 18.6. The van der Waals surface area contributed by atoms with Gasteiger partial charge >= 0.3 is 0 Å². The average molecular weight is 413 g/mol. The van der Waals surface area contributed by atoms with Crippen LogP contribution in [0, 0.1) is 0 Å². The van der Waals surface area contributed by atoms with Crippen molar-refractivity contribution in [2.45, 2.75) is 11.3 Å². The minimum Gasteiger partial charge on any atom is -0.304 e. The van der Waals surface area contributed by atoms with Gasteiger partial charge in [0.25, 0.3) is 5.91 Å². The molecular weight excluding hydrogens is 392 g/mol. The molecule has 3 aromatic carbocycles. The number of fused-ring (bicyclic) bond motifs is 1. The van der Waals surface area contributed by atoms with Crippen LogP contribution in [0.15, 0.2) is 89.8 Å². The van der Waals surface area contributed by atoms with Gasteiger partial charge in [0, 0.05) is 17.0 Å². The van der Waals surface area contributed by atoms with Crippen molar-refractivity contribution < 1.29 is 4.79 Å². The highest BCUT2D eigenvalue weighted by atomic mass is 32.2. The van der Waals surface area contributed by atoms with Crippen molar-refractivity contribution >= 4 is 23.4 Å². The highest BCUT2D eigenvalue weighted by molar-refractivity contribution is 7.99. The maximum Gasteiger partial charge on any atom is 0.298 e. The fourth-order valence-electron chi connectivity index (χ4n) is 3.59. The molecule has 0 bridgehead atoms. The third-order valence-corrected chi connectivity index (χ3v) is 6.17. The highest BCUT2D eigenvalue weighted by Gasteiger charge is 2.27. The molecule has 0 radical (unpaired) electrons. The summed E-state index contributed by atoms with van der Waals surface area (Å²) >= 11 is 1.79. The number of carbonyl (C=O) groups is 1. The first-order chi connectivity index (χ1) is 14.8. The average Bonchev–Trinajstić information content (AvgIpc) is 3.15. The van der Waals surface area contributed by atoms with Crippen LogP contribution in [0.1, 0.15) is 17.0 Å². The lowest BCUT2D eigenvalue weighted by Crippen LogP contribution is -2.32. The summed E-state index contributed by atoms with van der Waals surface area (Å²) in [7, 11) is 0. The minimum absolute atomic E-state index is 0.170. The molecule has 0 unspecified atom stereocenters. The summed E-state index contributed by atoms with van der Waals surface area (Å²) in [5, 5.41) is 4.64. The Labute approximate surface area is 179 Å². The van der Waals surface area contributed by atoms with Crippen LogP contribution in [0.3, 0.4) is 0 Å². The molecule has 1 aliphatic rings. The number of hydrogen-bond donors (Lipinski definition) is 0. The summed E-state index contributed by atoms with van der Waals surface area (Å²) in [6, 6.07) is 27.7. The molecule has 5 nitrogen and oxygen atoms in total.